The summed E-state index contributed by atoms with van der Waals surface area (Å²) in [6.45, 7) is -3.45. The monoisotopic (exact) mass is 485 g/mol. The van der Waals surface area contributed by atoms with E-state index in [-0.39, 0.29) is 11.4 Å². The molecule has 0 saturated carbocycles. The zero-order valence-electron chi connectivity index (χ0n) is 16.4. The second kappa shape index (κ2) is 7.73. The van der Waals surface area contributed by atoms with Crippen LogP contribution in [0.4, 0.5) is 42.4 Å². The Morgan fingerprint density at radius 2 is 1.91 bits per heavy atom. The molecular weight excluding hydrogens is 471 g/mol. The molecule has 2 amide bonds. The smallest absolute Gasteiger partial charge is 0.417 e. The van der Waals surface area contributed by atoms with Crippen molar-refractivity contribution in [2.75, 3.05) is 11.1 Å². The van der Waals surface area contributed by atoms with Crippen LogP contribution in [-0.2, 0) is 21.5 Å². The highest BCUT2D eigenvalue weighted by atomic mass is 19.4. The highest BCUT2D eigenvalue weighted by molar-refractivity contribution is 6.20. The first-order valence-corrected chi connectivity index (χ1v) is 8.85. The number of carbonyl (C=O) groups excluding carboxylic acids is 2. The van der Waals surface area contributed by atoms with E-state index >= 15 is 0 Å². The molecule has 17 heteroatoms. The number of amides is 2. The van der Waals surface area contributed by atoms with Crippen LogP contribution in [0, 0.1) is 0 Å². The van der Waals surface area contributed by atoms with Crippen molar-refractivity contribution in [3.8, 4) is 17.4 Å². The maximum Gasteiger partial charge on any atom is 0.453 e. The molecule has 10 nitrogen and oxygen atoms in total. The highest BCUT2D eigenvalue weighted by Crippen LogP contribution is 2.41. The number of aryl methyl sites for hydroxylation is 1. The van der Waals surface area contributed by atoms with Gasteiger partial charge in [0.1, 0.15) is 17.3 Å². The van der Waals surface area contributed by atoms with Crippen LogP contribution >= 0.6 is 0 Å². The Balaban J connectivity index is 2.01. The zero-order valence-corrected chi connectivity index (χ0v) is 16.4. The van der Waals surface area contributed by atoms with Crippen LogP contribution < -0.4 is 21.5 Å². The summed E-state index contributed by atoms with van der Waals surface area (Å²) >= 11 is 0. The molecule has 2 aromatic rings. The number of nitrogens with zero attached hydrogens (tertiary/aromatic N) is 4. The molecule has 0 bridgehead atoms. The van der Waals surface area contributed by atoms with Crippen molar-refractivity contribution in [3.63, 3.8) is 0 Å². The van der Waals surface area contributed by atoms with Gasteiger partial charge in [-0.1, -0.05) is 0 Å². The quantitative estimate of drug-likeness (QED) is 0.400. The first-order valence-electron chi connectivity index (χ1n) is 8.85. The lowest BCUT2D eigenvalue weighted by Crippen LogP contribution is -2.44. The molecule has 5 N–H and O–H groups in total. The van der Waals surface area contributed by atoms with Crippen molar-refractivity contribution in [2.24, 2.45) is 5.73 Å². The zero-order chi connectivity index (χ0) is 24.9. The maximum absolute atomic E-state index is 13.2. The van der Waals surface area contributed by atoms with Gasteiger partial charge in [0.15, 0.2) is 11.2 Å². The number of hydrogen-bond donors (Lipinski definition) is 3. The first-order chi connectivity index (χ1) is 15.1. The van der Waals surface area contributed by atoms with Gasteiger partial charge in [-0.05, 0) is 6.92 Å². The summed E-state index contributed by atoms with van der Waals surface area (Å²) in [6, 6.07) is 0.753. The third-order valence-corrected chi connectivity index (χ3v) is 4.85. The maximum atomic E-state index is 13.2. The Bertz CT molecular complexity index is 1120. The van der Waals surface area contributed by atoms with Gasteiger partial charge in [0.25, 0.3) is 0 Å². The van der Waals surface area contributed by atoms with Gasteiger partial charge in [-0.25, -0.2) is 14.6 Å². The Morgan fingerprint density at radius 1 is 1.27 bits per heavy atom. The van der Waals surface area contributed by atoms with Gasteiger partial charge < -0.3 is 21.5 Å². The van der Waals surface area contributed by atoms with Crippen molar-refractivity contribution >= 4 is 23.5 Å². The van der Waals surface area contributed by atoms with Crippen molar-refractivity contribution in [2.45, 2.75) is 44.0 Å². The molecule has 1 aliphatic rings. The fraction of sp³-hybridized carbons (Fsp3) is 0.438. The first kappa shape index (κ1) is 24.0. The van der Waals surface area contributed by atoms with E-state index in [4.69, 9.17) is 11.5 Å². The minimum absolute atomic E-state index is 0.156. The fourth-order valence-corrected chi connectivity index (χ4v) is 3.00. The van der Waals surface area contributed by atoms with E-state index in [9.17, 15) is 40.3 Å². The van der Waals surface area contributed by atoms with Gasteiger partial charge in [-0.2, -0.15) is 35.8 Å². The second-order valence-corrected chi connectivity index (χ2v) is 7.02. The average Bonchev–Trinajstić information content (AvgIpc) is 3.18. The summed E-state index contributed by atoms with van der Waals surface area (Å²) in [7, 11) is 0. The lowest BCUT2D eigenvalue weighted by atomic mass is 9.84. The minimum Gasteiger partial charge on any atom is -0.417 e. The number of anilines is 2. The molecule has 1 atom stereocenters. The summed E-state index contributed by atoms with van der Waals surface area (Å²) in [5.41, 5.74) is 8.61. The summed E-state index contributed by atoms with van der Waals surface area (Å²) in [4.78, 5) is 31.7. The molecule has 0 saturated heterocycles. The molecule has 180 valence electrons. The van der Waals surface area contributed by atoms with Crippen LogP contribution in [0.5, 0.6) is 5.88 Å². The predicted octanol–water partition coefficient (Wildman–Crippen LogP) is 1.81. The summed E-state index contributed by atoms with van der Waals surface area (Å²) in [6.07, 6.45) is -7.69. The van der Waals surface area contributed by atoms with Gasteiger partial charge in [0, 0.05) is 12.5 Å². The van der Waals surface area contributed by atoms with E-state index in [1.54, 1.807) is 0 Å². The molecule has 33 heavy (non-hydrogen) atoms. The van der Waals surface area contributed by atoms with E-state index < -0.39 is 72.1 Å². The minimum atomic E-state index is -5.87. The molecule has 3 heterocycles. The Morgan fingerprint density at radius 3 is 2.45 bits per heavy atom. The number of alkyl halides is 7. The SMILES string of the molecule is CC1(C(N)=O)C(=O)Nc2nc(-c3cc(OC(F)F)n(CCC(F)(F)C(F)(F)F)n3)nc(N)c21. The van der Waals surface area contributed by atoms with Crippen molar-refractivity contribution in [1.82, 2.24) is 19.7 Å². The number of nitrogens with one attached hydrogen (secondary N) is 1. The number of nitrogens with two attached hydrogens (primary N) is 2. The van der Waals surface area contributed by atoms with Crippen LogP contribution in [0.15, 0.2) is 6.07 Å². The van der Waals surface area contributed by atoms with E-state index in [0.29, 0.717) is 4.68 Å². The highest BCUT2D eigenvalue weighted by Gasteiger charge is 2.57. The number of primary amides is 1. The lowest BCUT2D eigenvalue weighted by Gasteiger charge is -2.19. The number of aromatic nitrogens is 4. The Kier molecular flexibility index (Phi) is 5.62. The molecular formula is C16H14F7N7O3. The summed E-state index contributed by atoms with van der Waals surface area (Å²) in [5.74, 6) is -9.01. The molecule has 1 unspecified atom stereocenters. The molecule has 0 spiro atoms. The van der Waals surface area contributed by atoms with Gasteiger partial charge in [-0.3, -0.25) is 9.59 Å². The van der Waals surface area contributed by atoms with Gasteiger partial charge >= 0.3 is 18.7 Å². The molecule has 2 aromatic heterocycles. The number of nitrogen functional groups attached to an aromatic ring is 1. The number of carbonyl (C=O) groups is 2. The second-order valence-electron chi connectivity index (χ2n) is 7.02. The molecule has 0 aliphatic carbocycles. The predicted molar refractivity (Wildman–Crippen MR) is 95.1 cm³/mol. The average molecular weight is 485 g/mol. The third-order valence-electron chi connectivity index (χ3n) is 4.85. The fourth-order valence-electron chi connectivity index (χ4n) is 3.00. The van der Waals surface area contributed by atoms with Crippen LogP contribution in [0.1, 0.15) is 18.9 Å². The molecule has 3 rings (SSSR count). The van der Waals surface area contributed by atoms with E-state index in [1.165, 1.54) is 6.92 Å². The summed E-state index contributed by atoms with van der Waals surface area (Å²) < 4.78 is 93.6. The topological polar surface area (TPSA) is 151 Å². The molecule has 0 aromatic carbocycles. The summed E-state index contributed by atoms with van der Waals surface area (Å²) in [5, 5.41) is 5.90. The number of hydrogen-bond acceptors (Lipinski definition) is 7. The van der Waals surface area contributed by atoms with Crippen molar-refractivity contribution in [3.05, 3.63) is 11.6 Å². The van der Waals surface area contributed by atoms with E-state index in [0.717, 1.165) is 6.07 Å². The van der Waals surface area contributed by atoms with E-state index in [2.05, 4.69) is 25.1 Å². The number of halogens is 7. The normalized spacial score (nSPS) is 18.4. The molecule has 0 radical (unpaired) electrons. The van der Waals surface area contributed by atoms with Gasteiger partial charge in [0.05, 0.1) is 12.1 Å². The third kappa shape index (κ3) is 4.09. The van der Waals surface area contributed by atoms with Crippen molar-refractivity contribution in [1.29, 1.82) is 0 Å². The van der Waals surface area contributed by atoms with Crippen LogP contribution in [0.25, 0.3) is 11.5 Å². The number of fused-ring (bicyclic) bond motifs is 1. The molecule has 1 aliphatic heterocycles. The Labute approximate surface area is 179 Å². The van der Waals surface area contributed by atoms with Gasteiger partial charge in [0.2, 0.25) is 17.7 Å². The standard InChI is InChI=1S/C16H14F7N7O3/c1-14(11(25)31)7-8(24)26-9(27-10(7)28-12(14)32)5-4-6(33-13(17)18)30(29-5)3-2-15(19,20)16(21,22)23/h4,13H,2-3H2,1H3,(H2,25,31)(H3,24,26,27,28,32). The van der Waals surface area contributed by atoms with Crippen LogP contribution in [0.2, 0.25) is 0 Å². The van der Waals surface area contributed by atoms with Crippen molar-refractivity contribution < 1.29 is 45.1 Å². The molecule has 0 fully saturated rings. The number of ether oxygens (including phenoxy) is 1. The van der Waals surface area contributed by atoms with Crippen LogP contribution in [-0.4, -0.2) is 50.3 Å². The Hall–Kier alpha value is -3.66. The number of rotatable bonds is 7. The van der Waals surface area contributed by atoms with Crippen LogP contribution in [0.3, 0.4) is 0 Å². The van der Waals surface area contributed by atoms with E-state index in [1.807, 2.05) is 0 Å². The lowest BCUT2D eigenvalue weighted by molar-refractivity contribution is -0.285. The van der Waals surface area contributed by atoms with Gasteiger partial charge in [-0.15, -0.1) is 0 Å². The largest absolute Gasteiger partial charge is 0.453 e.